The number of carbonyl (C=O) groups excluding carboxylic acids is 2. The van der Waals surface area contributed by atoms with Gasteiger partial charge in [0.1, 0.15) is 0 Å². The number of aromatic nitrogens is 1. The van der Waals surface area contributed by atoms with Crippen LogP contribution in [-0.4, -0.2) is 52.9 Å². The molecule has 7 nitrogen and oxygen atoms in total. The van der Waals surface area contributed by atoms with Gasteiger partial charge in [0.05, 0.1) is 12.5 Å². The number of hydrogen-bond donors (Lipinski definition) is 2. The Morgan fingerprint density at radius 3 is 2.65 bits per heavy atom. The number of nitrogens with two attached hydrogens (primary N) is 1. The van der Waals surface area contributed by atoms with Crippen molar-refractivity contribution in [2.24, 2.45) is 5.73 Å². The maximum Gasteiger partial charge on any atom is 0.312 e. The normalized spacial score (nSPS) is 16.2. The lowest BCUT2D eigenvalue weighted by Crippen LogP contribution is -2.49. The molecule has 0 saturated carbocycles. The molecule has 0 aromatic carbocycles. The molecule has 2 aromatic heterocycles. The molecule has 3 heterocycles. The number of nitrogens with one attached hydrogen (secondary N) is 1. The van der Waals surface area contributed by atoms with Crippen molar-refractivity contribution in [3.05, 3.63) is 52.5 Å². The summed E-state index contributed by atoms with van der Waals surface area (Å²) < 4.78 is 0. The molecule has 138 valence electrons. The van der Waals surface area contributed by atoms with Crippen molar-refractivity contribution in [3.8, 4) is 0 Å². The average Bonchev–Trinajstić information content (AvgIpc) is 3.17. The first-order chi connectivity index (χ1) is 12.6. The number of rotatable bonds is 6. The van der Waals surface area contributed by atoms with Gasteiger partial charge in [-0.3, -0.25) is 14.7 Å². The number of amides is 3. The Kier molecular flexibility index (Phi) is 6.19. The Morgan fingerprint density at radius 1 is 1.23 bits per heavy atom. The van der Waals surface area contributed by atoms with Gasteiger partial charge in [0.2, 0.25) is 5.91 Å². The van der Waals surface area contributed by atoms with Gasteiger partial charge >= 0.3 is 6.03 Å². The van der Waals surface area contributed by atoms with E-state index in [0.717, 1.165) is 24.5 Å². The van der Waals surface area contributed by atoms with E-state index in [4.69, 9.17) is 5.73 Å². The molecule has 1 atom stereocenters. The Balaban J connectivity index is 1.51. The Hall–Kier alpha value is -2.45. The number of primary amides is 1. The Labute approximate surface area is 156 Å². The summed E-state index contributed by atoms with van der Waals surface area (Å²) in [4.78, 5) is 33.2. The molecule has 1 fully saturated rings. The first-order valence-electron chi connectivity index (χ1n) is 8.60. The molecule has 26 heavy (non-hydrogen) atoms. The van der Waals surface area contributed by atoms with E-state index in [1.807, 2.05) is 34.7 Å². The van der Waals surface area contributed by atoms with Gasteiger partial charge in [0.15, 0.2) is 0 Å². The van der Waals surface area contributed by atoms with E-state index in [1.165, 1.54) is 16.9 Å². The highest BCUT2D eigenvalue weighted by Crippen LogP contribution is 2.23. The maximum atomic E-state index is 12.7. The van der Waals surface area contributed by atoms with Gasteiger partial charge in [-0.05, 0) is 23.1 Å². The van der Waals surface area contributed by atoms with Crippen LogP contribution in [0.3, 0.4) is 0 Å². The molecule has 8 heteroatoms. The van der Waals surface area contributed by atoms with Gasteiger partial charge in [-0.2, -0.15) is 0 Å². The van der Waals surface area contributed by atoms with Crippen molar-refractivity contribution in [2.75, 3.05) is 26.2 Å². The van der Waals surface area contributed by atoms with E-state index in [1.54, 1.807) is 6.20 Å². The van der Waals surface area contributed by atoms with Crippen LogP contribution in [0.4, 0.5) is 4.79 Å². The van der Waals surface area contributed by atoms with E-state index in [2.05, 4.69) is 21.3 Å². The molecule has 1 aliphatic rings. The summed E-state index contributed by atoms with van der Waals surface area (Å²) in [5.41, 5.74) is 6.44. The van der Waals surface area contributed by atoms with Gasteiger partial charge in [0.25, 0.3) is 0 Å². The summed E-state index contributed by atoms with van der Waals surface area (Å²) in [6.07, 6.45) is 3.87. The molecular weight excluding hydrogens is 350 g/mol. The fourth-order valence-electron chi connectivity index (χ4n) is 3.09. The highest BCUT2D eigenvalue weighted by atomic mass is 32.1. The van der Waals surface area contributed by atoms with Gasteiger partial charge < -0.3 is 16.0 Å². The zero-order valence-electron chi connectivity index (χ0n) is 14.5. The van der Waals surface area contributed by atoms with Crippen LogP contribution >= 0.6 is 11.3 Å². The molecule has 3 amide bonds. The number of urea groups is 1. The second kappa shape index (κ2) is 8.77. The van der Waals surface area contributed by atoms with Crippen LogP contribution in [0.15, 0.2) is 42.0 Å². The summed E-state index contributed by atoms with van der Waals surface area (Å²) in [5, 5.41) is 4.60. The second-order valence-electron chi connectivity index (χ2n) is 6.30. The minimum absolute atomic E-state index is 0.0400. The summed E-state index contributed by atoms with van der Waals surface area (Å²) >= 11 is 1.51. The molecule has 0 radical (unpaired) electrons. The van der Waals surface area contributed by atoms with Gasteiger partial charge in [-0.1, -0.05) is 12.1 Å². The molecule has 1 saturated heterocycles. The van der Waals surface area contributed by atoms with Crippen LogP contribution in [0.5, 0.6) is 0 Å². The summed E-state index contributed by atoms with van der Waals surface area (Å²) in [6.45, 7) is 3.87. The van der Waals surface area contributed by atoms with Crippen LogP contribution in [0.2, 0.25) is 0 Å². The van der Waals surface area contributed by atoms with Crippen molar-refractivity contribution in [1.29, 1.82) is 0 Å². The fourth-order valence-corrected chi connectivity index (χ4v) is 3.87. The van der Waals surface area contributed by atoms with Crippen LogP contribution in [-0.2, 0) is 11.3 Å². The molecule has 0 bridgehead atoms. The minimum Gasteiger partial charge on any atom is -0.352 e. The van der Waals surface area contributed by atoms with Gasteiger partial charge in [-0.15, -0.1) is 11.3 Å². The zero-order chi connectivity index (χ0) is 18.4. The molecular formula is C18H23N5O2S. The van der Waals surface area contributed by atoms with Crippen molar-refractivity contribution >= 4 is 23.3 Å². The lowest BCUT2D eigenvalue weighted by Gasteiger charge is -2.35. The van der Waals surface area contributed by atoms with Crippen LogP contribution in [0.25, 0.3) is 0 Å². The van der Waals surface area contributed by atoms with Crippen molar-refractivity contribution in [2.45, 2.75) is 19.0 Å². The average molecular weight is 373 g/mol. The third kappa shape index (κ3) is 5.03. The first kappa shape index (κ1) is 18.3. The number of pyridine rings is 1. The Morgan fingerprint density at radius 2 is 2.04 bits per heavy atom. The van der Waals surface area contributed by atoms with Crippen LogP contribution < -0.4 is 11.1 Å². The lowest BCUT2D eigenvalue weighted by atomic mass is 10.1. The van der Waals surface area contributed by atoms with Crippen molar-refractivity contribution in [1.82, 2.24) is 20.1 Å². The number of piperazine rings is 1. The summed E-state index contributed by atoms with van der Waals surface area (Å²) in [7, 11) is 0. The molecule has 1 aliphatic heterocycles. The topological polar surface area (TPSA) is 91.6 Å². The first-order valence-corrected chi connectivity index (χ1v) is 9.48. The molecule has 2 aromatic rings. The van der Waals surface area contributed by atoms with E-state index >= 15 is 0 Å². The standard InChI is InChI=1S/C18H23N5O2S/c19-18(25)21-15(16-4-2-10-26-16)11-17(24)23-8-6-22(7-9-23)13-14-3-1-5-20-12-14/h1-5,10,12,15H,6-9,11,13H2,(H3,19,21,25). The monoisotopic (exact) mass is 373 g/mol. The predicted molar refractivity (Wildman–Crippen MR) is 100 cm³/mol. The van der Waals surface area contributed by atoms with Crippen molar-refractivity contribution in [3.63, 3.8) is 0 Å². The van der Waals surface area contributed by atoms with Crippen LogP contribution in [0, 0.1) is 0 Å². The van der Waals surface area contributed by atoms with Gasteiger partial charge in [-0.25, -0.2) is 4.79 Å². The highest BCUT2D eigenvalue weighted by molar-refractivity contribution is 7.10. The Bertz CT molecular complexity index is 714. The number of hydrogen-bond acceptors (Lipinski definition) is 5. The second-order valence-corrected chi connectivity index (χ2v) is 7.28. The maximum absolute atomic E-state index is 12.7. The molecule has 0 aliphatic carbocycles. The van der Waals surface area contributed by atoms with Crippen molar-refractivity contribution < 1.29 is 9.59 Å². The molecule has 3 N–H and O–H groups in total. The zero-order valence-corrected chi connectivity index (χ0v) is 15.3. The molecule has 1 unspecified atom stereocenters. The van der Waals surface area contributed by atoms with E-state index < -0.39 is 6.03 Å². The SMILES string of the molecule is NC(=O)NC(CC(=O)N1CCN(Cc2cccnc2)CC1)c1cccs1. The number of thiophene rings is 1. The van der Waals surface area contributed by atoms with E-state index in [9.17, 15) is 9.59 Å². The van der Waals surface area contributed by atoms with E-state index in [-0.39, 0.29) is 18.4 Å². The lowest BCUT2D eigenvalue weighted by molar-refractivity contribution is -0.133. The third-order valence-corrected chi connectivity index (χ3v) is 5.42. The highest BCUT2D eigenvalue weighted by Gasteiger charge is 2.25. The molecule has 0 spiro atoms. The number of nitrogens with zero attached hydrogens (tertiary/aromatic N) is 3. The third-order valence-electron chi connectivity index (χ3n) is 4.44. The van der Waals surface area contributed by atoms with Crippen LogP contribution in [0.1, 0.15) is 22.9 Å². The quantitative estimate of drug-likeness (QED) is 0.804. The molecule has 3 rings (SSSR count). The largest absolute Gasteiger partial charge is 0.352 e. The van der Waals surface area contributed by atoms with Gasteiger partial charge in [0, 0.05) is 50.0 Å². The smallest absolute Gasteiger partial charge is 0.312 e. The predicted octanol–water partition coefficient (Wildman–Crippen LogP) is 1.59. The van der Waals surface area contributed by atoms with E-state index in [0.29, 0.717) is 13.1 Å². The summed E-state index contributed by atoms with van der Waals surface area (Å²) in [6, 6.07) is 6.82. The fraction of sp³-hybridized carbons (Fsp3) is 0.389. The minimum atomic E-state index is -0.613. The number of carbonyl (C=O) groups is 2. The summed E-state index contributed by atoms with van der Waals surface area (Å²) in [5.74, 6) is 0.0400.